The Hall–Kier alpha value is -1.14. The van der Waals surface area contributed by atoms with E-state index in [9.17, 15) is 18.3 Å². The Morgan fingerprint density at radius 1 is 1.38 bits per heavy atom. The van der Waals surface area contributed by atoms with Crippen molar-refractivity contribution >= 4 is 12.4 Å². The number of phenolic OH excluding ortho intramolecular Hbond substituents is 1. The van der Waals surface area contributed by atoms with Crippen molar-refractivity contribution in [1.82, 2.24) is 0 Å². The molecule has 0 saturated carbocycles. The SMILES string of the molecule is COc1cc([C@@H](N)C(F)(F)F)ccc1O.Cl. The van der Waals surface area contributed by atoms with Crippen molar-refractivity contribution in [1.29, 1.82) is 0 Å². The third kappa shape index (κ3) is 3.18. The van der Waals surface area contributed by atoms with E-state index in [-0.39, 0.29) is 29.5 Å². The molecule has 0 amide bonds. The Balaban J connectivity index is 0.00000225. The van der Waals surface area contributed by atoms with E-state index in [1.165, 1.54) is 7.11 Å². The van der Waals surface area contributed by atoms with Crippen LogP contribution < -0.4 is 10.5 Å². The third-order valence-corrected chi connectivity index (χ3v) is 1.92. The van der Waals surface area contributed by atoms with Crippen molar-refractivity contribution in [2.75, 3.05) is 7.11 Å². The van der Waals surface area contributed by atoms with Crippen molar-refractivity contribution in [3.05, 3.63) is 23.8 Å². The normalized spacial score (nSPS) is 12.8. The lowest BCUT2D eigenvalue weighted by Crippen LogP contribution is -2.28. The summed E-state index contributed by atoms with van der Waals surface area (Å²) >= 11 is 0. The molecule has 0 unspecified atom stereocenters. The Bertz CT molecular complexity index is 357. The molecule has 1 rings (SSSR count). The van der Waals surface area contributed by atoms with Crippen molar-refractivity contribution in [3.63, 3.8) is 0 Å². The predicted molar refractivity (Wildman–Crippen MR) is 54.9 cm³/mol. The summed E-state index contributed by atoms with van der Waals surface area (Å²) in [6.45, 7) is 0. The number of alkyl halides is 3. The van der Waals surface area contributed by atoms with Gasteiger partial charge in [-0.05, 0) is 17.7 Å². The van der Waals surface area contributed by atoms with E-state index in [2.05, 4.69) is 4.74 Å². The lowest BCUT2D eigenvalue weighted by molar-refractivity contribution is -0.149. The van der Waals surface area contributed by atoms with E-state index in [1.807, 2.05) is 0 Å². The van der Waals surface area contributed by atoms with Gasteiger partial charge in [-0.25, -0.2) is 0 Å². The van der Waals surface area contributed by atoms with Crippen LogP contribution in [-0.4, -0.2) is 18.4 Å². The van der Waals surface area contributed by atoms with Crippen molar-refractivity contribution in [2.24, 2.45) is 5.73 Å². The maximum Gasteiger partial charge on any atom is 0.407 e. The number of ether oxygens (including phenoxy) is 1. The van der Waals surface area contributed by atoms with Gasteiger partial charge in [0.15, 0.2) is 11.5 Å². The van der Waals surface area contributed by atoms with Crippen LogP contribution in [0.15, 0.2) is 18.2 Å². The van der Waals surface area contributed by atoms with Crippen LogP contribution in [0.3, 0.4) is 0 Å². The number of rotatable bonds is 2. The molecule has 0 radical (unpaired) electrons. The number of aromatic hydroxyl groups is 1. The number of benzene rings is 1. The molecular weight excluding hydrogens is 247 g/mol. The zero-order valence-corrected chi connectivity index (χ0v) is 9.10. The summed E-state index contributed by atoms with van der Waals surface area (Å²) in [4.78, 5) is 0. The molecule has 0 fully saturated rings. The zero-order chi connectivity index (χ0) is 11.6. The van der Waals surface area contributed by atoms with E-state index in [0.29, 0.717) is 0 Å². The average Bonchev–Trinajstić information content (AvgIpc) is 2.16. The third-order valence-electron chi connectivity index (χ3n) is 1.92. The van der Waals surface area contributed by atoms with Gasteiger partial charge in [-0.3, -0.25) is 0 Å². The van der Waals surface area contributed by atoms with Gasteiger partial charge < -0.3 is 15.6 Å². The molecule has 0 saturated heterocycles. The first-order chi connectivity index (χ1) is 6.86. The molecule has 7 heteroatoms. The summed E-state index contributed by atoms with van der Waals surface area (Å²) < 4.78 is 41.4. The Morgan fingerprint density at radius 2 is 1.94 bits per heavy atom. The predicted octanol–water partition coefficient (Wildman–Crippen LogP) is 2.38. The average molecular weight is 258 g/mol. The highest BCUT2D eigenvalue weighted by Gasteiger charge is 2.38. The number of methoxy groups -OCH3 is 1. The Kier molecular flexibility index (Phi) is 4.89. The van der Waals surface area contributed by atoms with Crippen LogP contribution in [0, 0.1) is 0 Å². The highest BCUT2D eigenvalue weighted by atomic mass is 35.5. The first kappa shape index (κ1) is 14.9. The van der Waals surface area contributed by atoms with Gasteiger partial charge in [-0.1, -0.05) is 6.07 Å². The smallest absolute Gasteiger partial charge is 0.407 e. The molecule has 0 aliphatic heterocycles. The fourth-order valence-corrected chi connectivity index (χ4v) is 1.08. The van der Waals surface area contributed by atoms with E-state index in [1.54, 1.807) is 0 Å². The van der Waals surface area contributed by atoms with Crippen LogP contribution in [0.5, 0.6) is 11.5 Å². The number of phenols is 1. The van der Waals surface area contributed by atoms with Gasteiger partial charge >= 0.3 is 6.18 Å². The summed E-state index contributed by atoms with van der Waals surface area (Å²) in [5.74, 6) is -0.261. The van der Waals surface area contributed by atoms with Gasteiger partial charge in [0.25, 0.3) is 0 Å². The van der Waals surface area contributed by atoms with Crippen molar-refractivity contribution in [3.8, 4) is 11.5 Å². The first-order valence-electron chi connectivity index (χ1n) is 4.05. The molecule has 1 aromatic rings. The molecule has 0 heterocycles. The molecule has 1 atom stereocenters. The first-order valence-corrected chi connectivity index (χ1v) is 4.05. The summed E-state index contributed by atoms with van der Waals surface area (Å²) in [6, 6.07) is 1.20. The summed E-state index contributed by atoms with van der Waals surface area (Å²) in [6.07, 6.45) is -4.51. The van der Waals surface area contributed by atoms with Crippen LogP contribution >= 0.6 is 12.4 Å². The number of hydrogen-bond donors (Lipinski definition) is 2. The number of nitrogens with two attached hydrogens (primary N) is 1. The van der Waals surface area contributed by atoms with Crippen LogP contribution in [-0.2, 0) is 0 Å². The van der Waals surface area contributed by atoms with Crippen LogP contribution in [0.4, 0.5) is 13.2 Å². The van der Waals surface area contributed by atoms with Crippen LogP contribution in [0.25, 0.3) is 0 Å². The molecule has 3 N–H and O–H groups in total. The second-order valence-electron chi connectivity index (χ2n) is 2.95. The zero-order valence-electron chi connectivity index (χ0n) is 8.28. The van der Waals surface area contributed by atoms with Crippen LogP contribution in [0.2, 0.25) is 0 Å². The molecule has 92 valence electrons. The molecule has 0 bridgehead atoms. The standard InChI is InChI=1S/C9H10F3NO2.ClH/c1-15-7-4-5(2-3-6(7)14)8(13)9(10,11)12;/h2-4,8,14H,13H2,1H3;1H/t8-;/m1./s1. The van der Waals surface area contributed by atoms with Gasteiger partial charge in [0.2, 0.25) is 0 Å². The minimum Gasteiger partial charge on any atom is -0.504 e. The second-order valence-corrected chi connectivity index (χ2v) is 2.95. The topological polar surface area (TPSA) is 55.5 Å². The van der Waals surface area contributed by atoms with E-state index in [0.717, 1.165) is 18.2 Å². The van der Waals surface area contributed by atoms with Crippen molar-refractivity contribution < 1.29 is 23.0 Å². The largest absolute Gasteiger partial charge is 0.504 e. The van der Waals surface area contributed by atoms with Gasteiger partial charge in [0.1, 0.15) is 6.04 Å². The summed E-state index contributed by atoms with van der Waals surface area (Å²) in [5, 5.41) is 9.17. The van der Waals surface area contributed by atoms with Crippen LogP contribution in [0.1, 0.15) is 11.6 Å². The number of halogens is 4. The van der Waals surface area contributed by atoms with E-state index < -0.39 is 12.2 Å². The Morgan fingerprint density at radius 3 is 2.38 bits per heavy atom. The molecule has 0 aromatic heterocycles. The Labute approximate surface area is 96.4 Å². The monoisotopic (exact) mass is 257 g/mol. The lowest BCUT2D eigenvalue weighted by atomic mass is 10.1. The van der Waals surface area contributed by atoms with E-state index in [4.69, 9.17) is 5.73 Å². The maximum atomic E-state index is 12.2. The molecule has 0 aliphatic carbocycles. The molecule has 16 heavy (non-hydrogen) atoms. The molecule has 1 aromatic carbocycles. The summed E-state index contributed by atoms with van der Waals surface area (Å²) in [5.41, 5.74) is 4.83. The maximum absolute atomic E-state index is 12.2. The molecular formula is C9H11ClF3NO2. The van der Waals surface area contributed by atoms with Gasteiger partial charge in [-0.2, -0.15) is 13.2 Å². The quantitative estimate of drug-likeness (QED) is 0.855. The molecule has 3 nitrogen and oxygen atoms in total. The van der Waals surface area contributed by atoms with Gasteiger partial charge in [0, 0.05) is 0 Å². The lowest BCUT2D eigenvalue weighted by Gasteiger charge is -2.16. The summed E-state index contributed by atoms with van der Waals surface area (Å²) in [7, 11) is 1.25. The molecule has 0 aliphatic rings. The van der Waals surface area contributed by atoms with Gasteiger partial charge in [-0.15, -0.1) is 12.4 Å². The highest BCUT2D eigenvalue weighted by Crippen LogP contribution is 2.34. The highest BCUT2D eigenvalue weighted by molar-refractivity contribution is 5.85. The fourth-order valence-electron chi connectivity index (χ4n) is 1.08. The fraction of sp³-hybridized carbons (Fsp3) is 0.333. The van der Waals surface area contributed by atoms with Gasteiger partial charge in [0.05, 0.1) is 7.11 Å². The minimum atomic E-state index is -4.51. The minimum absolute atomic E-state index is 0. The second kappa shape index (κ2) is 5.27. The van der Waals surface area contributed by atoms with Crippen molar-refractivity contribution in [2.45, 2.75) is 12.2 Å². The van der Waals surface area contributed by atoms with E-state index >= 15 is 0 Å². The molecule has 0 spiro atoms. The number of hydrogen-bond acceptors (Lipinski definition) is 3.